The molecule has 1 amide bonds. The molecular formula is C28H28BrCl2NO5. The molecule has 9 heteroatoms. The minimum Gasteiger partial charge on any atom is -0.496 e. The molecule has 3 aromatic rings. The number of ether oxygens (including phenoxy) is 3. The summed E-state index contributed by atoms with van der Waals surface area (Å²) >= 11 is 15.8. The van der Waals surface area contributed by atoms with Gasteiger partial charge in [-0.1, -0.05) is 69.5 Å². The fourth-order valence-electron chi connectivity index (χ4n) is 3.93. The van der Waals surface area contributed by atoms with E-state index in [4.69, 9.17) is 37.4 Å². The van der Waals surface area contributed by atoms with Crippen molar-refractivity contribution in [3.05, 3.63) is 81.3 Å². The van der Waals surface area contributed by atoms with Gasteiger partial charge in [0.15, 0.2) is 0 Å². The minimum absolute atomic E-state index is 0.109. The molecule has 0 fully saturated rings. The van der Waals surface area contributed by atoms with Crippen LogP contribution in [0.4, 0.5) is 0 Å². The molecule has 196 valence electrons. The zero-order valence-corrected chi connectivity index (χ0v) is 23.9. The number of amides is 1. The lowest BCUT2D eigenvalue weighted by atomic mass is 9.97. The number of carbonyl (C=O) groups excluding carboxylic acids is 2. The van der Waals surface area contributed by atoms with E-state index in [1.54, 1.807) is 39.3 Å². The maximum Gasteiger partial charge on any atom is 0.328 e. The van der Waals surface area contributed by atoms with Crippen LogP contribution in [0, 0.1) is 0 Å². The van der Waals surface area contributed by atoms with Crippen LogP contribution in [-0.2, 0) is 22.4 Å². The summed E-state index contributed by atoms with van der Waals surface area (Å²) in [6.45, 7) is 1.89. The van der Waals surface area contributed by atoms with E-state index in [1.165, 1.54) is 0 Å². The van der Waals surface area contributed by atoms with E-state index in [-0.39, 0.29) is 28.6 Å². The Balaban J connectivity index is 1.88. The first kappa shape index (κ1) is 28.8. The normalized spacial score (nSPS) is 11.5. The Labute approximate surface area is 235 Å². The second-order valence-corrected chi connectivity index (χ2v) is 9.70. The van der Waals surface area contributed by atoms with Gasteiger partial charge in [0, 0.05) is 11.8 Å². The lowest BCUT2D eigenvalue weighted by Gasteiger charge is -2.19. The van der Waals surface area contributed by atoms with Crippen molar-refractivity contribution in [2.45, 2.75) is 25.8 Å². The number of hydrogen-bond acceptors (Lipinski definition) is 5. The van der Waals surface area contributed by atoms with Crippen LogP contribution in [0.3, 0.4) is 0 Å². The Morgan fingerprint density at radius 2 is 1.54 bits per heavy atom. The third-order valence-corrected chi connectivity index (χ3v) is 6.72. The molecule has 1 atom stereocenters. The third kappa shape index (κ3) is 7.18. The van der Waals surface area contributed by atoms with Crippen LogP contribution in [0.1, 0.15) is 28.4 Å². The van der Waals surface area contributed by atoms with Crippen LogP contribution in [0.25, 0.3) is 11.1 Å². The van der Waals surface area contributed by atoms with Crippen molar-refractivity contribution in [1.29, 1.82) is 0 Å². The summed E-state index contributed by atoms with van der Waals surface area (Å²) in [5.41, 5.74) is 3.75. The van der Waals surface area contributed by atoms with E-state index in [1.807, 2.05) is 36.4 Å². The summed E-state index contributed by atoms with van der Waals surface area (Å²) in [7, 11) is 3.25. The first-order valence-corrected chi connectivity index (χ1v) is 13.5. The maximum atomic E-state index is 12.9. The Morgan fingerprint density at radius 3 is 2.05 bits per heavy atom. The van der Waals surface area contributed by atoms with Gasteiger partial charge in [0.2, 0.25) is 0 Å². The summed E-state index contributed by atoms with van der Waals surface area (Å²) in [6.07, 6.45) is 1.05. The molecule has 0 aliphatic rings. The lowest BCUT2D eigenvalue weighted by Crippen LogP contribution is -2.43. The van der Waals surface area contributed by atoms with Gasteiger partial charge in [0.05, 0.1) is 42.0 Å². The van der Waals surface area contributed by atoms with E-state index < -0.39 is 17.9 Å². The fourth-order valence-corrected chi connectivity index (χ4v) is 4.96. The second kappa shape index (κ2) is 13.7. The van der Waals surface area contributed by atoms with Gasteiger partial charge in [0.25, 0.3) is 5.91 Å². The fraction of sp³-hybridized carbons (Fsp3) is 0.286. The maximum absolute atomic E-state index is 12.9. The van der Waals surface area contributed by atoms with Gasteiger partial charge in [-0.3, -0.25) is 4.79 Å². The molecule has 0 aliphatic heterocycles. The van der Waals surface area contributed by atoms with Gasteiger partial charge in [0.1, 0.15) is 17.5 Å². The zero-order valence-electron chi connectivity index (χ0n) is 20.8. The van der Waals surface area contributed by atoms with Crippen molar-refractivity contribution in [1.82, 2.24) is 5.32 Å². The molecule has 0 saturated heterocycles. The lowest BCUT2D eigenvalue weighted by molar-refractivity contribution is -0.145. The highest BCUT2D eigenvalue weighted by molar-refractivity contribution is 9.09. The Hall–Kier alpha value is -2.74. The standard InChI is InChI=1S/C28H28BrCl2NO5/c1-4-37-28(34)22(32-27(33)26-20(30)6-5-7-21(26)31)14-17-8-10-19(11-9-17)25-23(35-2)15-18(12-13-29)16-24(25)36-3/h5-11,15-16,22H,4,12-14H2,1-3H3,(H,32,33)/t22-/m0/s1. The highest BCUT2D eigenvalue weighted by Crippen LogP contribution is 2.40. The van der Waals surface area contributed by atoms with Crippen LogP contribution in [0.15, 0.2) is 54.6 Å². The highest BCUT2D eigenvalue weighted by atomic mass is 79.9. The molecular weight excluding hydrogens is 581 g/mol. The molecule has 1 N–H and O–H groups in total. The van der Waals surface area contributed by atoms with Gasteiger partial charge < -0.3 is 19.5 Å². The predicted octanol–water partition coefficient (Wildman–Crippen LogP) is 6.52. The van der Waals surface area contributed by atoms with E-state index in [0.29, 0.717) is 11.5 Å². The molecule has 0 radical (unpaired) electrons. The summed E-state index contributed by atoms with van der Waals surface area (Å²) in [6, 6.07) is 15.5. The van der Waals surface area contributed by atoms with Crippen molar-refractivity contribution in [2.24, 2.45) is 0 Å². The van der Waals surface area contributed by atoms with E-state index in [2.05, 4.69) is 21.2 Å². The SMILES string of the molecule is CCOC(=O)[C@H](Cc1ccc(-c2c(OC)cc(CCBr)cc2OC)cc1)NC(=O)c1c(Cl)cccc1Cl. The van der Waals surface area contributed by atoms with Gasteiger partial charge in [-0.05, 0) is 54.3 Å². The summed E-state index contributed by atoms with van der Waals surface area (Å²) in [5, 5.41) is 3.94. The van der Waals surface area contributed by atoms with Crippen molar-refractivity contribution < 1.29 is 23.8 Å². The predicted molar refractivity (Wildman–Crippen MR) is 151 cm³/mol. The van der Waals surface area contributed by atoms with Crippen LogP contribution < -0.4 is 14.8 Å². The molecule has 0 saturated carbocycles. The largest absolute Gasteiger partial charge is 0.496 e. The van der Waals surface area contributed by atoms with E-state index in [0.717, 1.165) is 34.0 Å². The summed E-state index contributed by atoms with van der Waals surface area (Å²) in [4.78, 5) is 25.6. The number of carbonyl (C=O) groups is 2. The van der Waals surface area contributed by atoms with Gasteiger partial charge in [-0.25, -0.2) is 4.79 Å². The zero-order chi connectivity index (χ0) is 26.9. The smallest absolute Gasteiger partial charge is 0.328 e. The molecule has 6 nitrogen and oxygen atoms in total. The van der Waals surface area contributed by atoms with Crippen LogP contribution >= 0.6 is 39.1 Å². The minimum atomic E-state index is -0.932. The average molecular weight is 609 g/mol. The number of alkyl halides is 1. The quantitative estimate of drug-likeness (QED) is 0.198. The van der Waals surface area contributed by atoms with Crippen molar-refractivity contribution in [3.8, 4) is 22.6 Å². The van der Waals surface area contributed by atoms with Crippen molar-refractivity contribution in [2.75, 3.05) is 26.2 Å². The molecule has 37 heavy (non-hydrogen) atoms. The van der Waals surface area contributed by atoms with Crippen LogP contribution in [0.5, 0.6) is 11.5 Å². The number of esters is 1. The molecule has 0 aliphatic carbocycles. The van der Waals surface area contributed by atoms with Crippen molar-refractivity contribution >= 4 is 51.0 Å². The summed E-state index contributed by atoms with van der Waals surface area (Å²) in [5.74, 6) is 0.310. The highest BCUT2D eigenvalue weighted by Gasteiger charge is 2.25. The van der Waals surface area contributed by atoms with E-state index in [9.17, 15) is 9.59 Å². The topological polar surface area (TPSA) is 73.9 Å². The number of methoxy groups -OCH3 is 2. The number of nitrogens with one attached hydrogen (secondary N) is 1. The Bertz CT molecular complexity index is 1200. The first-order valence-electron chi connectivity index (χ1n) is 11.6. The molecule has 0 bridgehead atoms. The molecule has 0 spiro atoms. The molecule has 3 rings (SSSR count). The Kier molecular flexibility index (Phi) is 10.7. The van der Waals surface area contributed by atoms with Gasteiger partial charge >= 0.3 is 5.97 Å². The second-order valence-electron chi connectivity index (χ2n) is 8.09. The first-order chi connectivity index (χ1) is 17.8. The van der Waals surface area contributed by atoms with Crippen molar-refractivity contribution in [3.63, 3.8) is 0 Å². The monoisotopic (exact) mass is 607 g/mol. The number of hydrogen-bond donors (Lipinski definition) is 1. The molecule has 0 unspecified atom stereocenters. The third-order valence-electron chi connectivity index (χ3n) is 5.70. The van der Waals surface area contributed by atoms with Crippen LogP contribution in [-0.4, -0.2) is 44.1 Å². The number of halogens is 3. The number of benzene rings is 3. The van der Waals surface area contributed by atoms with Crippen LogP contribution in [0.2, 0.25) is 10.0 Å². The van der Waals surface area contributed by atoms with Gasteiger partial charge in [-0.2, -0.15) is 0 Å². The molecule has 0 heterocycles. The molecule has 3 aromatic carbocycles. The summed E-state index contributed by atoms with van der Waals surface area (Å²) < 4.78 is 16.5. The Morgan fingerprint density at radius 1 is 0.946 bits per heavy atom. The number of rotatable bonds is 11. The van der Waals surface area contributed by atoms with E-state index >= 15 is 0 Å². The van der Waals surface area contributed by atoms with Gasteiger partial charge in [-0.15, -0.1) is 0 Å². The average Bonchev–Trinajstić information content (AvgIpc) is 2.88. The molecule has 0 aromatic heterocycles. The number of aryl methyl sites for hydroxylation is 1.